The Morgan fingerprint density at radius 1 is 1.47 bits per heavy atom. The van der Waals surface area contributed by atoms with Gasteiger partial charge in [0.1, 0.15) is 5.75 Å². The highest BCUT2D eigenvalue weighted by molar-refractivity contribution is 6.32. The Morgan fingerprint density at radius 2 is 2.21 bits per heavy atom. The van der Waals surface area contributed by atoms with Crippen LogP contribution in [0.3, 0.4) is 0 Å². The summed E-state index contributed by atoms with van der Waals surface area (Å²) in [6, 6.07) is 6.94. The minimum atomic E-state index is -0.574. The van der Waals surface area contributed by atoms with Crippen molar-refractivity contribution in [3.05, 3.63) is 29.3 Å². The summed E-state index contributed by atoms with van der Waals surface area (Å²) < 4.78 is 10.1. The Balaban J connectivity index is 2.20. The van der Waals surface area contributed by atoms with Crippen molar-refractivity contribution in [3.63, 3.8) is 0 Å². The molecule has 0 aliphatic carbocycles. The second-order valence-corrected chi connectivity index (χ2v) is 4.37. The molecule has 106 valence electrons. The maximum Gasteiger partial charge on any atom is 0.257 e. The van der Waals surface area contributed by atoms with E-state index in [0.717, 1.165) is 0 Å². The molecule has 6 heteroatoms. The Morgan fingerprint density at radius 3 is 2.89 bits per heavy atom. The van der Waals surface area contributed by atoms with Gasteiger partial charge in [0.15, 0.2) is 6.61 Å². The van der Waals surface area contributed by atoms with E-state index in [2.05, 4.69) is 5.32 Å². The van der Waals surface area contributed by atoms with Crippen molar-refractivity contribution in [2.75, 3.05) is 26.9 Å². The zero-order chi connectivity index (χ0) is 14.1. The van der Waals surface area contributed by atoms with E-state index < -0.39 is 6.10 Å². The SMILES string of the molecule is COCC(O)CCNC(=O)COc1ccccc1Cl. The van der Waals surface area contributed by atoms with E-state index in [4.69, 9.17) is 21.1 Å². The van der Waals surface area contributed by atoms with Crippen molar-refractivity contribution in [1.29, 1.82) is 0 Å². The van der Waals surface area contributed by atoms with Gasteiger partial charge in [0.05, 0.1) is 17.7 Å². The molecule has 0 saturated carbocycles. The van der Waals surface area contributed by atoms with Crippen LogP contribution in [0.15, 0.2) is 24.3 Å². The topological polar surface area (TPSA) is 67.8 Å². The Kier molecular flexibility index (Phi) is 7.25. The molecule has 0 fully saturated rings. The fourth-order valence-corrected chi connectivity index (χ4v) is 1.60. The van der Waals surface area contributed by atoms with Crippen molar-refractivity contribution in [2.24, 2.45) is 0 Å². The van der Waals surface area contributed by atoms with Gasteiger partial charge in [0.25, 0.3) is 5.91 Å². The number of methoxy groups -OCH3 is 1. The third kappa shape index (κ3) is 6.42. The van der Waals surface area contributed by atoms with Crippen LogP contribution in [0, 0.1) is 0 Å². The van der Waals surface area contributed by atoms with Crippen LogP contribution in [0.5, 0.6) is 5.75 Å². The highest BCUT2D eigenvalue weighted by atomic mass is 35.5. The molecule has 0 aliphatic rings. The molecule has 0 saturated heterocycles. The lowest BCUT2D eigenvalue weighted by Crippen LogP contribution is -2.32. The molecule has 0 aliphatic heterocycles. The summed E-state index contributed by atoms with van der Waals surface area (Å²) in [7, 11) is 1.51. The minimum absolute atomic E-state index is 0.107. The van der Waals surface area contributed by atoms with E-state index in [1.165, 1.54) is 7.11 Å². The number of rotatable bonds is 8. The monoisotopic (exact) mass is 287 g/mol. The van der Waals surface area contributed by atoms with Crippen LogP contribution in [-0.4, -0.2) is 44.0 Å². The molecule has 0 radical (unpaired) electrons. The van der Waals surface area contributed by atoms with Gasteiger partial charge in [0.2, 0.25) is 0 Å². The zero-order valence-electron chi connectivity index (χ0n) is 10.8. The second-order valence-electron chi connectivity index (χ2n) is 3.97. The molecule has 5 nitrogen and oxygen atoms in total. The summed E-state index contributed by atoms with van der Waals surface area (Å²) in [5.74, 6) is 0.211. The number of nitrogens with one attached hydrogen (secondary N) is 1. The minimum Gasteiger partial charge on any atom is -0.482 e. The maximum atomic E-state index is 11.5. The number of para-hydroxylation sites is 1. The lowest BCUT2D eigenvalue weighted by Gasteiger charge is -2.11. The van der Waals surface area contributed by atoms with E-state index in [-0.39, 0.29) is 19.1 Å². The van der Waals surface area contributed by atoms with Gasteiger partial charge in [-0.3, -0.25) is 4.79 Å². The molecule has 19 heavy (non-hydrogen) atoms. The number of halogens is 1. The Bertz CT molecular complexity index is 400. The van der Waals surface area contributed by atoms with Crippen LogP contribution >= 0.6 is 11.6 Å². The van der Waals surface area contributed by atoms with Crippen molar-refractivity contribution in [2.45, 2.75) is 12.5 Å². The normalized spacial score (nSPS) is 11.9. The smallest absolute Gasteiger partial charge is 0.257 e. The fourth-order valence-electron chi connectivity index (χ4n) is 1.41. The quantitative estimate of drug-likeness (QED) is 0.755. The lowest BCUT2D eigenvalue weighted by molar-refractivity contribution is -0.123. The van der Waals surface area contributed by atoms with E-state index in [1.54, 1.807) is 24.3 Å². The number of aliphatic hydroxyl groups is 1. The van der Waals surface area contributed by atoms with E-state index >= 15 is 0 Å². The average molecular weight is 288 g/mol. The first-order chi connectivity index (χ1) is 9.13. The first kappa shape index (κ1) is 15.8. The number of carbonyl (C=O) groups is 1. The van der Waals surface area contributed by atoms with Crippen LogP contribution in [0.1, 0.15) is 6.42 Å². The Hall–Kier alpha value is -1.30. The van der Waals surface area contributed by atoms with Crippen LogP contribution in [0.4, 0.5) is 0 Å². The van der Waals surface area contributed by atoms with Crippen molar-refractivity contribution in [3.8, 4) is 5.75 Å². The molecule has 1 aromatic carbocycles. The molecular weight excluding hydrogens is 270 g/mol. The van der Waals surface area contributed by atoms with Gasteiger partial charge in [-0.2, -0.15) is 0 Å². The molecule has 1 rings (SSSR count). The van der Waals surface area contributed by atoms with Crippen LogP contribution < -0.4 is 10.1 Å². The highest BCUT2D eigenvalue weighted by Crippen LogP contribution is 2.22. The molecule has 0 spiro atoms. The van der Waals surface area contributed by atoms with Crippen LogP contribution in [0.25, 0.3) is 0 Å². The number of carbonyl (C=O) groups excluding carboxylic acids is 1. The molecule has 0 heterocycles. The predicted octanol–water partition coefficient (Wildman–Crippen LogP) is 1.23. The standard InChI is InChI=1S/C13H18ClNO4/c1-18-8-10(16)6-7-15-13(17)9-19-12-5-3-2-4-11(12)14/h2-5,10,16H,6-9H2,1H3,(H,15,17). The van der Waals surface area contributed by atoms with Crippen molar-refractivity contribution in [1.82, 2.24) is 5.32 Å². The van der Waals surface area contributed by atoms with Gasteiger partial charge >= 0.3 is 0 Å². The summed E-state index contributed by atoms with van der Waals surface area (Å²) in [5.41, 5.74) is 0. The summed E-state index contributed by atoms with van der Waals surface area (Å²) in [4.78, 5) is 11.5. The van der Waals surface area contributed by atoms with Crippen molar-refractivity contribution >= 4 is 17.5 Å². The van der Waals surface area contributed by atoms with Gasteiger partial charge in [-0.15, -0.1) is 0 Å². The summed E-state index contributed by atoms with van der Waals surface area (Å²) >= 11 is 5.88. The van der Waals surface area contributed by atoms with E-state index in [0.29, 0.717) is 23.7 Å². The largest absolute Gasteiger partial charge is 0.482 e. The van der Waals surface area contributed by atoms with Crippen LogP contribution in [0.2, 0.25) is 5.02 Å². The molecule has 2 N–H and O–H groups in total. The molecule has 1 atom stereocenters. The van der Waals surface area contributed by atoms with Gasteiger partial charge < -0.3 is 19.9 Å². The van der Waals surface area contributed by atoms with Gasteiger partial charge in [-0.25, -0.2) is 0 Å². The zero-order valence-corrected chi connectivity index (χ0v) is 11.5. The van der Waals surface area contributed by atoms with Crippen molar-refractivity contribution < 1.29 is 19.4 Å². The lowest BCUT2D eigenvalue weighted by atomic mass is 10.2. The molecule has 0 aromatic heterocycles. The molecule has 1 aromatic rings. The summed E-state index contributed by atoms with van der Waals surface area (Å²) in [6.45, 7) is 0.519. The van der Waals surface area contributed by atoms with Gasteiger partial charge in [-0.1, -0.05) is 23.7 Å². The third-order valence-electron chi connectivity index (χ3n) is 2.35. The first-order valence-corrected chi connectivity index (χ1v) is 6.32. The number of benzene rings is 1. The molecule has 0 bridgehead atoms. The van der Waals surface area contributed by atoms with Gasteiger partial charge in [0, 0.05) is 13.7 Å². The predicted molar refractivity (Wildman–Crippen MR) is 72.5 cm³/mol. The molecule has 1 amide bonds. The Labute approximate surface area is 117 Å². The first-order valence-electron chi connectivity index (χ1n) is 5.94. The summed E-state index contributed by atoms with van der Waals surface area (Å²) in [6.07, 6.45) is -0.138. The fraction of sp³-hybridized carbons (Fsp3) is 0.462. The molecular formula is C13H18ClNO4. The highest BCUT2D eigenvalue weighted by Gasteiger charge is 2.07. The number of amides is 1. The van der Waals surface area contributed by atoms with Crippen LogP contribution in [-0.2, 0) is 9.53 Å². The average Bonchev–Trinajstić information content (AvgIpc) is 2.38. The number of hydrogen-bond donors (Lipinski definition) is 2. The summed E-state index contributed by atoms with van der Waals surface area (Å²) in [5, 5.41) is 12.5. The molecule has 1 unspecified atom stereocenters. The maximum absolute atomic E-state index is 11.5. The van der Waals surface area contributed by atoms with E-state index in [9.17, 15) is 9.90 Å². The number of hydrogen-bond acceptors (Lipinski definition) is 4. The van der Waals surface area contributed by atoms with Gasteiger partial charge in [-0.05, 0) is 18.6 Å². The third-order valence-corrected chi connectivity index (χ3v) is 2.67. The second kappa shape index (κ2) is 8.74. The number of aliphatic hydroxyl groups excluding tert-OH is 1. The van der Waals surface area contributed by atoms with E-state index in [1.807, 2.05) is 0 Å². The number of ether oxygens (including phenoxy) is 2.